The minimum Gasteiger partial charge on any atom is -0.298 e. The Bertz CT molecular complexity index is 30.0. The Balaban J connectivity index is 2.75. The van der Waals surface area contributed by atoms with Gasteiger partial charge in [-0.2, -0.15) is 0 Å². The van der Waals surface area contributed by atoms with Crippen LogP contribution in [0.4, 0.5) is 0 Å². The molecule has 0 atom stereocenters. The summed E-state index contributed by atoms with van der Waals surface area (Å²) in [5, 5.41) is 0. The van der Waals surface area contributed by atoms with Gasteiger partial charge in [0.1, 0.15) is 0 Å². The highest BCUT2D eigenvalue weighted by Crippen LogP contribution is 1.95. The average Bonchev–Trinajstić information content (AvgIpc) is 1.65. The summed E-state index contributed by atoms with van der Waals surface area (Å²) in [5.74, 6) is 0. The van der Waals surface area contributed by atoms with Crippen molar-refractivity contribution >= 4 is 19.9 Å². The first-order valence-corrected chi connectivity index (χ1v) is 3.24. The second-order valence-corrected chi connectivity index (χ2v) is 2.12. The molecule has 0 radical (unpaired) electrons. The summed E-state index contributed by atoms with van der Waals surface area (Å²) < 4.78 is 2.17. The van der Waals surface area contributed by atoms with Crippen molar-refractivity contribution in [1.82, 2.24) is 4.22 Å². The second kappa shape index (κ2) is 3.56. The normalized spacial score (nSPS) is 9.83. The molecule has 0 spiro atoms. The van der Waals surface area contributed by atoms with Crippen LogP contribution in [0.1, 0.15) is 6.92 Å². The van der Waals surface area contributed by atoms with Crippen molar-refractivity contribution in [1.29, 1.82) is 0 Å². The minimum absolute atomic E-state index is 1.13. The summed E-state index contributed by atoms with van der Waals surface area (Å²) in [4.78, 5) is 0. The van der Waals surface area contributed by atoms with Crippen molar-refractivity contribution in [2.24, 2.45) is 0 Å². The van der Waals surface area contributed by atoms with Crippen LogP contribution < -0.4 is 0 Å². The van der Waals surface area contributed by atoms with E-state index in [9.17, 15) is 0 Å². The van der Waals surface area contributed by atoms with Crippen LogP contribution in [0.15, 0.2) is 0 Å². The fraction of sp³-hybridized carbons (Fsp3) is 1.00. The lowest BCUT2D eigenvalue weighted by Gasteiger charge is -2.06. The molecule has 0 saturated carbocycles. The smallest absolute Gasteiger partial charge is 0.199 e. The van der Waals surface area contributed by atoms with Gasteiger partial charge < -0.3 is 0 Å². The lowest BCUT2D eigenvalue weighted by atomic mass is 10.4. The first kappa shape index (κ1) is 6.37. The molecule has 1 nitrogen and oxygen atoms in total. The van der Waals surface area contributed by atoms with Crippen LogP contribution >= 0.6 is 11.9 Å². The molecule has 0 saturated heterocycles. The van der Waals surface area contributed by atoms with Gasteiger partial charge in [0.25, 0.3) is 0 Å². The highest BCUT2D eigenvalue weighted by Gasteiger charge is 1.82. The third-order valence-corrected chi connectivity index (χ3v) is 1.64. The van der Waals surface area contributed by atoms with Gasteiger partial charge >= 0.3 is 0 Å². The Hall–Kier alpha value is 0.375. The summed E-state index contributed by atoms with van der Waals surface area (Å²) in [7, 11) is 2.07. The van der Waals surface area contributed by atoms with Crippen LogP contribution in [-0.2, 0) is 0 Å². The molecule has 0 unspecified atom stereocenters. The lowest BCUT2D eigenvalue weighted by Crippen LogP contribution is -2.07. The van der Waals surface area contributed by atoms with E-state index in [-0.39, 0.29) is 0 Å². The van der Waals surface area contributed by atoms with Crippen molar-refractivity contribution < 1.29 is 0 Å². The predicted molar refractivity (Wildman–Crippen MR) is 34.4 cm³/mol. The van der Waals surface area contributed by atoms with E-state index in [1.807, 2.05) is 0 Å². The van der Waals surface area contributed by atoms with E-state index in [2.05, 4.69) is 25.4 Å². The van der Waals surface area contributed by atoms with Gasteiger partial charge in [0.05, 0.1) is 0 Å². The van der Waals surface area contributed by atoms with Gasteiger partial charge in [0.15, 0.2) is 7.98 Å². The second-order valence-electron chi connectivity index (χ2n) is 1.13. The fourth-order valence-electron chi connectivity index (χ4n) is 0.129. The van der Waals surface area contributed by atoms with E-state index < -0.39 is 0 Å². The van der Waals surface area contributed by atoms with E-state index in [0.29, 0.717) is 0 Å². The maximum absolute atomic E-state index is 2.17. The first-order valence-electron chi connectivity index (χ1n) is 2.06. The third-order valence-electron chi connectivity index (χ3n) is 0.757. The van der Waals surface area contributed by atoms with Crippen LogP contribution in [0.3, 0.4) is 0 Å². The molecule has 0 aromatic carbocycles. The summed E-state index contributed by atoms with van der Waals surface area (Å²) in [6, 6.07) is 0. The molecule has 36 valence electrons. The third kappa shape index (κ3) is 2.60. The number of nitrogens with zero attached hydrogens (tertiary/aromatic N) is 1. The van der Waals surface area contributed by atoms with Crippen LogP contribution in [0, 0.1) is 0 Å². The standard InChI is InChI=1S/C3H10BNS/c1-3-5(4)6-2/h3-4H2,1-2H3. The molecule has 0 amide bonds. The van der Waals surface area contributed by atoms with Crippen molar-refractivity contribution in [3.05, 3.63) is 0 Å². The quantitative estimate of drug-likeness (QED) is 0.361. The molecule has 0 rings (SSSR count). The SMILES string of the molecule is BN(CC)SC. The first-order chi connectivity index (χ1) is 2.81. The Morgan fingerprint density at radius 1 is 1.83 bits per heavy atom. The molecule has 0 aliphatic carbocycles. The zero-order valence-corrected chi connectivity index (χ0v) is 5.38. The van der Waals surface area contributed by atoms with E-state index in [4.69, 9.17) is 0 Å². The van der Waals surface area contributed by atoms with Crippen LogP contribution in [-0.4, -0.2) is 25.0 Å². The average molecular weight is 103 g/mol. The highest BCUT2D eigenvalue weighted by molar-refractivity contribution is 7.97. The van der Waals surface area contributed by atoms with Gasteiger partial charge in [-0.05, 0) is 12.8 Å². The Labute approximate surface area is 44.7 Å². The van der Waals surface area contributed by atoms with Crippen LogP contribution in [0.25, 0.3) is 0 Å². The van der Waals surface area contributed by atoms with Crippen molar-refractivity contribution in [2.45, 2.75) is 6.92 Å². The minimum atomic E-state index is 1.13. The summed E-state index contributed by atoms with van der Waals surface area (Å²) >= 11 is 1.76. The van der Waals surface area contributed by atoms with E-state index in [1.54, 1.807) is 11.9 Å². The van der Waals surface area contributed by atoms with Gasteiger partial charge in [-0.3, -0.25) is 4.22 Å². The van der Waals surface area contributed by atoms with Crippen molar-refractivity contribution in [3.63, 3.8) is 0 Å². The lowest BCUT2D eigenvalue weighted by molar-refractivity contribution is 0.770. The molecule has 0 fully saturated rings. The highest BCUT2D eigenvalue weighted by atomic mass is 32.2. The number of hydrogen-bond acceptors (Lipinski definition) is 2. The van der Waals surface area contributed by atoms with Crippen LogP contribution in [0.5, 0.6) is 0 Å². The van der Waals surface area contributed by atoms with Gasteiger partial charge in [0, 0.05) is 0 Å². The molecule has 0 aliphatic heterocycles. The van der Waals surface area contributed by atoms with E-state index in [0.717, 1.165) is 6.54 Å². The maximum Gasteiger partial charge on any atom is 0.199 e. The molecule has 0 aromatic heterocycles. The monoisotopic (exact) mass is 103 g/mol. The molecule has 0 aliphatic rings. The van der Waals surface area contributed by atoms with Gasteiger partial charge in [-0.25, -0.2) is 0 Å². The molecule has 0 heterocycles. The van der Waals surface area contributed by atoms with Crippen LogP contribution in [0.2, 0.25) is 0 Å². The van der Waals surface area contributed by atoms with Crippen molar-refractivity contribution in [3.8, 4) is 0 Å². The Morgan fingerprint density at radius 3 is 2.33 bits per heavy atom. The van der Waals surface area contributed by atoms with Gasteiger partial charge in [-0.1, -0.05) is 18.9 Å². The molecule has 3 heteroatoms. The van der Waals surface area contributed by atoms with Gasteiger partial charge in [-0.15, -0.1) is 0 Å². The fourth-order valence-corrected chi connectivity index (χ4v) is 0.387. The topological polar surface area (TPSA) is 3.24 Å². The molecule has 0 aromatic rings. The predicted octanol–water partition coefficient (Wildman–Crippen LogP) is 0.134. The molecule has 0 N–H and O–H groups in total. The maximum atomic E-state index is 2.17. The molecule has 6 heavy (non-hydrogen) atoms. The Kier molecular flexibility index (Phi) is 3.78. The number of rotatable bonds is 2. The number of hydrogen-bond donors (Lipinski definition) is 0. The molecule has 0 bridgehead atoms. The summed E-state index contributed by atoms with van der Waals surface area (Å²) in [6.45, 7) is 3.26. The molecular formula is C3H10BNS. The summed E-state index contributed by atoms with van der Waals surface area (Å²) in [5.41, 5.74) is 0. The zero-order chi connectivity index (χ0) is 4.99. The largest absolute Gasteiger partial charge is 0.298 e. The van der Waals surface area contributed by atoms with E-state index in [1.165, 1.54) is 0 Å². The van der Waals surface area contributed by atoms with E-state index >= 15 is 0 Å². The van der Waals surface area contributed by atoms with Crippen molar-refractivity contribution in [2.75, 3.05) is 12.8 Å². The van der Waals surface area contributed by atoms with Gasteiger partial charge in [0.2, 0.25) is 0 Å². The zero-order valence-electron chi connectivity index (χ0n) is 4.56. The Morgan fingerprint density at radius 2 is 2.33 bits per heavy atom. The molecular weight excluding hydrogens is 92.9 g/mol. The summed E-state index contributed by atoms with van der Waals surface area (Å²) in [6.07, 6.45) is 2.07.